The Balaban J connectivity index is 1.79. The van der Waals surface area contributed by atoms with E-state index in [-0.39, 0.29) is 5.60 Å². The van der Waals surface area contributed by atoms with Gasteiger partial charge in [0.15, 0.2) is 11.5 Å². The third kappa shape index (κ3) is 3.25. The van der Waals surface area contributed by atoms with Crippen LogP contribution in [-0.4, -0.2) is 48.6 Å². The van der Waals surface area contributed by atoms with Crippen LogP contribution >= 0.6 is 0 Å². The summed E-state index contributed by atoms with van der Waals surface area (Å²) in [7, 11) is 5.27. The maximum atomic E-state index is 6.08. The minimum atomic E-state index is -0.349. The van der Waals surface area contributed by atoms with E-state index in [0.717, 1.165) is 42.3 Å². The number of aromatic nitrogens is 2. The number of ether oxygens (including phenoxy) is 3. The second-order valence-corrected chi connectivity index (χ2v) is 6.35. The van der Waals surface area contributed by atoms with Crippen LogP contribution in [0.5, 0.6) is 11.5 Å². The molecular weight excluding hydrogens is 306 g/mol. The number of rotatable bonds is 5. The van der Waals surface area contributed by atoms with Gasteiger partial charge in [0, 0.05) is 44.0 Å². The highest BCUT2D eigenvalue weighted by molar-refractivity contribution is 5.46. The first-order valence-electron chi connectivity index (χ1n) is 8.11. The van der Waals surface area contributed by atoms with Crippen molar-refractivity contribution in [2.24, 2.45) is 7.05 Å². The molecule has 0 N–H and O–H groups in total. The molecule has 0 radical (unpaired) electrons. The predicted molar refractivity (Wildman–Crippen MR) is 91.3 cm³/mol. The summed E-state index contributed by atoms with van der Waals surface area (Å²) in [6, 6.07) is 6.00. The summed E-state index contributed by atoms with van der Waals surface area (Å²) in [6.07, 6.45) is 3.91. The van der Waals surface area contributed by atoms with Gasteiger partial charge in [0.2, 0.25) is 0 Å². The number of morpholine rings is 1. The number of hydrogen-bond acceptors (Lipinski definition) is 5. The lowest BCUT2D eigenvalue weighted by molar-refractivity contribution is -0.105. The van der Waals surface area contributed by atoms with E-state index in [9.17, 15) is 0 Å². The van der Waals surface area contributed by atoms with Gasteiger partial charge in [-0.15, -0.1) is 0 Å². The Labute approximate surface area is 142 Å². The van der Waals surface area contributed by atoms with Gasteiger partial charge in [-0.05, 0) is 13.0 Å². The summed E-state index contributed by atoms with van der Waals surface area (Å²) in [5.41, 5.74) is 1.87. The smallest absolute Gasteiger partial charge is 0.165 e. The first-order valence-corrected chi connectivity index (χ1v) is 8.11. The zero-order valence-electron chi connectivity index (χ0n) is 14.8. The number of aryl methyl sites for hydroxylation is 1. The molecule has 1 aliphatic rings. The molecule has 2 aromatic rings. The molecule has 130 valence electrons. The fraction of sp³-hybridized carbons (Fsp3) is 0.500. The van der Waals surface area contributed by atoms with Gasteiger partial charge in [-0.1, -0.05) is 12.1 Å². The predicted octanol–water partition coefficient (Wildman–Crippen LogP) is 2.18. The zero-order chi connectivity index (χ0) is 17.2. The molecule has 0 saturated carbocycles. The van der Waals surface area contributed by atoms with Crippen LogP contribution in [0.4, 0.5) is 0 Å². The Bertz CT molecular complexity index is 701. The van der Waals surface area contributed by atoms with Crippen LogP contribution in [0.25, 0.3) is 0 Å². The summed E-state index contributed by atoms with van der Waals surface area (Å²) >= 11 is 0. The van der Waals surface area contributed by atoms with Gasteiger partial charge in [0.25, 0.3) is 0 Å². The van der Waals surface area contributed by atoms with E-state index < -0.39 is 0 Å². The lowest BCUT2D eigenvalue weighted by atomic mass is 9.96. The molecule has 1 saturated heterocycles. The van der Waals surface area contributed by atoms with Crippen molar-refractivity contribution in [2.45, 2.75) is 19.1 Å². The lowest BCUT2D eigenvalue weighted by Gasteiger charge is -2.40. The number of para-hydroxylation sites is 1. The van der Waals surface area contributed by atoms with Gasteiger partial charge in [-0.3, -0.25) is 9.58 Å². The average molecular weight is 331 g/mol. The average Bonchev–Trinajstić information content (AvgIpc) is 3.02. The van der Waals surface area contributed by atoms with E-state index in [0.29, 0.717) is 6.61 Å². The number of methoxy groups -OCH3 is 2. The molecule has 1 atom stereocenters. The molecule has 0 spiro atoms. The highest BCUT2D eigenvalue weighted by Crippen LogP contribution is 2.34. The van der Waals surface area contributed by atoms with Gasteiger partial charge >= 0.3 is 0 Å². The highest BCUT2D eigenvalue weighted by Gasteiger charge is 2.35. The third-order valence-electron chi connectivity index (χ3n) is 4.55. The molecular formula is C18H25N3O3. The Morgan fingerprint density at radius 3 is 2.79 bits per heavy atom. The first-order chi connectivity index (χ1) is 11.6. The molecule has 0 amide bonds. The molecule has 3 rings (SSSR count). The van der Waals surface area contributed by atoms with E-state index in [4.69, 9.17) is 14.2 Å². The van der Waals surface area contributed by atoms with Crippen molar-refractivity contribution in [3.63, 3.8) is 0 Å². The molecule has 0 aliphatic carbocycles. The Hall–Kier alpha value is -2.05. The molecule has 24 heavy (non-hydrogen) atoms. The second kappa shape index (κ2) is 6.83. The van der Waals surface area contributed by atoms with Crippen LogP contribution in [0.2, 0.25) is 0 Å². The van der Waals surface area contributed by atoms with Crippen molar-refractivity contribution < 1.29 is 14.2 Å². The third-order valence-corrected chi connectivity index (χ3v) is 4.55. The normalized spacial score (nSPS) is 21.7. The van der Waals surface area contributed by atoms with E-state index in [2.05, 4.69) is 23.0 Å². The van der Waals surface area contributed by atoms with Crippen LogP contribution in [0.1, 0.15) is 18.1 Å². The minimum Gasteiger partial charge on any atom is -0.493 e. The van der Waals surface area contributed by atoms with Crippen molar-refractivity contribution in [3.05, 3.63) is 41.7 Å². The zero-order valence-corrected chi connectivity index (χ0v) is 14.8. The Morgan fingerprint density at radius 1 is 1.29 bits per heavy atom. The molecule has 1 aromatic heterocycles. The number of benzene rings is 1. The topological polar surface area (TPSA) is 48.8 Å². The SMILES string of the molecule is COc1cccc(CN2CCOC(C)(c3cnn(C)c3)C2)c1OC. The largest absolute Gasteiger partial charge is 0.493 e. The molecule has 1 fully saturated rings. The molecule has 0 bridgehead atoms. The van der Waals surface area contributed by atoms with Crippen LogP contribution in [0.3, 0.4) is 0 Å². The van der Waals surface area contributed by atoms with Gasteiger partial charge < -0.3 is 14.2 Å². The quantitative estimate of drug-likeness (QED) is 0.840. The van der Waals surface area contributed by atoms with Gasteiger partial charge in [-0.2, -0.15) is 5.10 Å². The molecule has 1 aromatic carbocycles. The van der Waals surface area contributed by atoms with E-state index in [1.54, 1.807) is 14.2 Å². The van der Waals surface area contributed by atoms with Gasteiger partial charge in [-0.25, -0.2) is 0 Å². The van der Waals surface area contributed by atoms with Crippen molar-refractivity contribution in [2.75, 3.05) is 33.9 Å². The summed E-state index contributed by atoms with van der Waals surface area (Å²) in [5, 5.41) is 4.28. The molecule has 6 nitrogen and oxygen atoms in total. The molecule has 1 aliphatic heterocycles. The van der Waals surface area contributed by atoms with Crippen LogP contribution in [0.15, 0.2) is 30.6 Å². The number of nitrogens with zero attached hydrogens (tertiary/aromatic N) is 3. The van der Waals surface area contributed by atoms with Crippen molar-refractivity contribution in [1.82, 2.24) is 14.7 Å². The van der Waals surface area contributed by atoms with E-state index in [1.165, 1.54) is 0 Å². The van der Waals surface area contributed by atoms with Gasteiger partial charge in [0.1, 0.15) is 5.60 Å². The maximum Gasteiger partial charge on any atom is 0.165 e. The standard InChI is InChI=1S/C18H25N3O3/c1-18(15-10-19-20(2)12-15)13-21(8-9-24-18)11-14-6-5-7-16(22-3)17(14)23-4/h5-7,10,12H,8-9,11,13H2,1-4H3. The Kier molecular flexibility index (Phi) is 4.78. The molecule has 1 unspecified atom stereocenters. The molecule has 6 heteroatoms. The molecule has 2 heterocycles. The van der Waals surface area contributed by atoms with Crippen LogP contribution in [0, 0.1) is 0 Å². The van der Waals surface area contributed by atoms with Crippen molar-refractivity contribution in [1.29, 1.82) is 0 Å². The van der Waals surface area contributed by atoms with Crippen molar-refractivity contribution in [3.8, 4) is 11.5 Å². The summed E-state index contributed by atoms with van der Waals surface area (Å²) in [6.45, 7) is 5.30. The Morgan fingerprint density at radius 2 is 2.12 bits per heavy atom. The first kappa shape index (κ1) is 16.8. The fourth-order valence-electron chi connectivity index (χ4n) is 3.27. The monoisotopic (exact) mass is 331 g/mol. The summed E-state index contributed by atoms with van der Waals surface area (Å²) in [5.74, 6) is 1.56. The minimum absolute atomic E-state index is 0.349. The van der Waals surface area contributed by atoms with E-state index >= 15 is 0 Å². The second-order valence-electron chi connectivity index (χ2n) is 6.35. The highest BCUT2D eigenvalue weighted by atomic mass is 16.5. The number of hydrogen-bond donors (Lipinski definition) is 0. The maximum absolute atomic E-state index is 6.08. The lowest BCUT2D eigenvalue weighted by Crippen LogP contribution is -2.47. The van der Waals surface area contributed by atoms with Crippen LogP contribution < -0.4 is 9.47 Å². The van der Waals surface area contributed by atoms with Crippen molar-refractivity contribution >= 4 is 0 Å². The fourth-order valence-corrected chi connectivity index (χ4v) is 3.27. The summed E-state index contributed by atoms with van der Waals surface area (Å²) in [4.78, 5) is 2.38. The van der Waals surface area contributed by atoms with E-state index in [1.807, 2.05) is 36.3 Å². The van der Waals surface area contributed by atoms with Crippen LogP contribution in [-0.2, 0) is 23.9 Å². The summed E-state index contributed by atoms with van der Waals surface area (Å²) < 4.78 is 18.8. The van der Waals surface area contributed by atoms with Gasteiger partial charge in [0.05, 0.1) is 27.0 Å².